The average molecular weight is 380 g/mol. The third-order valence-electron chi connectivity index (χ3n) is 4.73. The minimum atomic E-state index is -0.331. The summed E-state index contributed by atoms with van der Waals surface area (Å²) in [4.78, 5) is 30.5. The fourth-order valence-corrected chi connectivity index (χ4v) is 3.28. The van der Waals surface area contributed by atoms with Gasteiger partial charge in [-0.2, -0.15) is 0 Å². The van der Waals surface area contributed by atoms with Gasteiger partial charge in [-0.05, 0) is 50.5 Å². The number of piperidine rings is 1. The van der Waals surface area contributed by atoms with E-state index in [1.807, 2.05) is 6.92 Å². The summed E-state index contributed by atoms with van der Waals surface area (Å²) in [5.74, 6) is 0.659. The quantitative estimate of drug-likeness (QED) is 0.721. The maximum Gasteiger partial charge on any atom is 0.252 e. The molecular formula is C20H21FN6O. The molecule has 144 valence electrons. The van der Waals surface area contributed by atoms with Crippen molar-refractivity contribution >= 4 is 17.6 Å². The predicted octanol–water partition coefficient (Wildman–Crippen LogP) is 3.41. The van der Waals surface area contributed by atoms with Crippen LogP contribution in [0.1, 0.15) is 25.0 Å². The summed E-state index contributed by atoms with van der Waals surface area (Å²) in [6.45, 7) is 3.82. The lowest BCUT2D eigenvalue weighted by molar-refractivity contribution is 0.568. The van der Waals surface area contributed by atoms with Crippen LogP contribution in [0.4, 0.5) is 22.0 Å². The van der Waals surface area contributed by atoms with Gasteiger partial charge < -0.3 is 10.2 Å². The molecule has 1 aromatic carbocycles. The highest BCUT2D eigenvalue weighted by molar-refractivity contribution is 5.64. The van der Waals surface area contributed by atoms with Gasteiger partial charge in [-0.1, -0.05) is 0 Å². The van der Waals surface area contributed by atoms with Gasteiger partial charge in [0, 0.05) is 36.6 Å². The maximum absolute atomic E-state index is 13.1. The first-order chi connectivity index (χ1) is 13.6. The Hall–Kier alpha value is -3.29. The molecule has 1 fully saturated rings. The number of hydrogen-bond acceptors (Lipinski definition) is 6. The third-order valence-corrected chi connectivity index (χ3v) is 4.73. The van der Waals surface area contributed by atoms with Crippen molar-refractivity contribution in [2.24, 2.45) is 0 Å². The molecule has 0 atom stereocenters. The van der Waals surface area contributed by atoms with E-state index in [4.69, 9.17) is 0 Å². The van der Waals surface area contributed by atoms with E-state index in [1.54, 1.807) is 18.3 Å². The van der Waals surface area contributed by atoms with E-state index in [0.29, 0.717) is 16.9 Å². The second-order valence-corrected chi connectivity index (χ2v) is 6.83. The van der Waals surface area contributed by atoms with Crippen LogP contribution in [-0.4, -0.2) is 33.0 Å². The molecule has 0 unspecified atom stereocenters. The fourth-order valence-electron chi connectivity index (χ4n) is 3.28. The number of rotatable bonds is 4. The molecule has 0 saturated carbocycles. The minimum Gasteiger partial charge on any atom is -0.341 e. The van der Waals surface area contributed by atoms with Crippen LogP contribution in [-0.2, 0) is 0 Å². The first-order valence-electron chi connectivity index (χ1n) is 9.31. The smallest absolute Gasteiger partial charge is 0.252 e. The Kier molecular flexibility index (Phi) is 5.01. The standard InChI is InChI=1S/C20H21FN6O/c1-13-16(12-22-20(23-13)27-9-3-2-4-10-27)17-11-18(28)26-19(25-17)24-15-7-5-14(21)6-8-15/h5-8,11-12H,2-4,9-10H2,1H3,(H2,24,25,26,28). The molecule has 3 aromatic rings. The molecule has 1 aliphatic heterocycles. The number of aromatic amines is 1. The van der Waals surface area contributed by atoms with E-state index in [-0.39, 0.29) is 17.3 Å². The van der Waals surface area contributed by atoms with Crippen molar-refractivity contribution in [2.75, 3.05) is 23.3 Å². The van der Waals surface area contributed by atoms with Crippen molar-refractivity contribution in [1.29, 1.82) is 0 Å². The average Bonchev–Trinajstić information content (AvgIpc) is 2.70. The van der Waals surface area contributed by atoms with Gasteiger partial charge in [0.15, 0.2) is 0 Å². The van der Waals surface area contributed by atoms with E-state index in [2.05, 4.69) is 30.2 Å². The molecule has 0 amide bonds. The van der Waals surface area contributed by atoms with Crippen LogP contribution in [0.5, 0.6) is 0 Å². The van der Waals surface area contributed by atoms with E-state index < -0.39 is 0 Å². The zero-order valence-corrected chi connectivity index (χ0v) is 15.6. The predicted molar refractivity (Wildman–Crippen MR) is 106 cm³/mol. The van der Waals surface area contributed by atoms with Gasteiger partial charge in [0.2, 0.25) is 11.9 Å². The van der Waals surface area contributed by atoms with Crippen molar-refractivity contribution in [3.8, 4) is 11.3 Å². The number of nitrogens with zero attached hydrogens (tertiary/aromatic N) is 4. The summed E-state index contributed by atoms with van der Waals surface area (Å²) in [5.41, 5.74) is 2.27. The van der Waals surface area contributed by atoms with E-state index in [1.165, 1.54) is 24.6 Å². The van der Waals surface area contributed by atoms with Gasteiger partial charge in [-0.25, -0.2) is 19.3 Å². The van der Waals surface area contributed by atoms with Gasteiger partial charge in [0.1, 0.15) is 5.82 Å². The number of halogens is 1. The van der Waals surface area contributed by atoms with Crippen molar-refractivity contribution in [3.05, 3.63) is 58.4 Å². The van der Waals surface area contributed by atoms with Crippen LogP contribution in [0.15, 0.2) is 41.3 Å². The molecule has 7 nitrogen and oxygen atoms in total. The summed E-state index contributed by atoms with van der Waals surface area (Å²) >= 11 is 0. The molecule has 0 aliphatic carbocycles. The minimum absolute atomic E-state index is 0.272. The van der Waals surface area contributed by atoms with E-state index in [9.17, 15) is 9.18 Å². The topological polar surface area (TPSA) is 86.8 Å². The van der Waals surface area contributed by atoms with Crippen molar-refractivity contribution in [3.63, 3.8) is 0 Å². The van der Waals surface area contributed by atoms with Crippen molar-refractivity contribution in [1.82, 2.24) is 19.9 Å². The number of H-pyrrole nitrogens is 1. The number of benzene rings is 1. The molecule has 28 heavy (non-hydrogen) atoms. The maximum atomic E-state index is 13.1. The van der Waals surface area contributed by atoms with Gasteiger partial charge in [-0.15, -0.1) is 0 Å². The van der Waals surface area contributed by atoms with Crippen molar-refractivity contribution < 1.29 is 4.39 Å². The van der Waals surface area contributed by atoms with E-state index in [0.717, 1.165) is 37.6 Å². The third kappa shape index (κ3) is 4.00. The first kappa shape index (κ1) is 18.1. The molecular weight excluding hydrogens is 359 g/mol. The zero-order chi connectivity index (χ0) is 19.5. The highest BCUT2D eigenvalue weighted by Gasteiger charge is 2.16. The summed E-state index contributed by atoms with van der Waals surface area (Å²) < 4.78 is 13.1. The Bertz CT molecular complexity index is 1030. The second-order valence-electron chi connectivity index (χ2n) is 6.83. The number of anilines is 3. The van der Waals surface area contributed by atoms with Gasteiger partial charge >= 0.3 is 0 Å². The SMILES string of the molecule is Cc1nc(N2CCCCC2)ncc1-c1cc(=O)[nH]c(Nc2ccc(F)cc2)n1. The molecule has 0 spiro atoms. The Morgan fingerprint density at radius 1 is 1.11 bits per heavy atom. The Labute approximate surface area is 161 Å². The summed E-state index contributed by atoms with van der Waals surface area (Å²) in [6, 6.07) is 7.23. The molecule has 1 aliphatic rings. The highest BCUT2D eigenvalue weighted by atomic mass is 19.1. The van der Waals surface area contributed by atoms with Crippen molar-refractivity contribution in [2.45, 2.75) is 26.2 Å². The zero-order valence-electron chi connectivity index (χ0n) is 15.6. The van der Waals surface area contributed by atoms with Crippen LogP contribution < -0.4 is 15.8 Å². The first-order valence-corrected chi connectivity index (χ1v) is 9.31. The Morgan fingerprint density at radius 2 is 1.86 bits per heavy atom. The van der Waals surface area contributed by atoms with Crippen LogP contribution in [0.3, 0.4) is 0 Å². The second kappa shape index (κ2) is 7.75. The molecule has 1 saturated heterocycles. The molecule has 3 heterocycles. The summed E-state index contributed by atoms with van der Waals surface area (Å²) in [6.07, 6.45) is 5.26. The van der Waals surface area contributed by atoms with Crippen LogP contribution >= 0.6 is 0 Å². The Balaban J connectivity index is 1.62. The van der Waals surface area contributed by atoms with Gasteiger partial charge in [-0.3, -0.25) is 9.78 Å². The Morgan fingerprint density at radius 3 is 2.57 bits per heavy atom. The molecule has 0 bridgehead atoms. The lowest BCUT2D eigenvalue weighted by atomic mass is 10.1. The van der Waals surface area contributed by atoms with Crippen LogP contribution in [0.25, 0.3) is 11.3 Å². The number of nitrogens with one attached hydrogen (secondary N) is 2. The molecule has 0 radical (unpaired) electrons. The fraction of sp³-hybridized carbons (Fsp3) is 0.300. The number of aromatic nitrogens is 4. The lowest BCUT2D eigenvalue weighted by Gasteiger charge is -2.26. The lowest BCUT2D eigenvalue weighted by Crippen LogP contribution is -2.31. The molecule has 2 N–H and O–H groups in total. The van der Waals surface area contributed by atoms with Gasteiger partial charge in [0.05, 0.1) is 11.4 Å². The molecule has 4 rings (SSSR count). The van der Waals surface area contributed by atoms with E-state index >= 15 is 0 Å². The normalized spacial score (nSPS) is 14.1. The number of hydrogen-bond donors (Lipinski definition) is 2. The molecule has 2 aromatic heterocycles. The van der Waals surface area contributed by atoms with Crippen LogP contribution in [0, 0.1) is 12.7 Å². The number of aryl methyl sites for hydroxylation is 1. The largest absolute Gasteiger partial charge is 0.341 e. The van der Waals surface area contributed by atoms with Crippen LogP contribution in [0.2, 0.25) is 0 Å². The highest BCUT2D eigenvalue weighted by Crippen LogP contribution is 2.23. The molecule has 8 heteroatoms. The summed E-state index contributed by atoms with van der Waals surface area (Å²) in [5, 5.41) is 2.98. The van der Waals surface area contributed by atoms with Gasteiger partial charge in [0.25, 0.3) is 5.56 Å². The summed E-state index contributed by atoms with van der Waals surface area (Å²) in [7, 11) is 0. The monoisotopic (exact) mass is 380 g/mol.